The summed E-state index contributed by atoms with van der Waals surface area (Å²) in [6.45, 7) is 3.77. The van der Waals surface area contributed by atoms with Gasteiger partial charge in [0.05, 0.1) is 0 Å². The molecule has 0 saturated heterocycles. The van der Waals surface area contributed by atoms with Gasteiger partial charge in [0.15, 0.2) is 6.29 Å². The fourth-order valence-corrected chi connectivity index (χ4v) is 0.615. The Morgan fingerprint density at radius 3 is 2.64 bits per heavy atom. The predicted molar refractivity (Wildman–Crippen MR) is 41.9 cm³/mol. The van der Waals surface area contributed by atoms with Gasteiger partial charge in [-0.3, -0.25) is 4.79 Å². The molecule has 0 rings (SSSR count). The fourth-order valence-electron chi connectivity index (χ4n) is 0.615. The summed E-state index contributed by atoms with van der Waals surface area (Å²) in [5.74, 6) is -0.304. The van der Waals surface area contributed by atoms with Gasteiger partial charge < -0.3 is 9.84 Å². The van der Waals surface area contributed by atoms with Crippen LogP contribution in [0.1, 0.15) is 39.5 Å². The summed E-state index contributed by atoms with van der Waals surface area (Å²) >= 11 is 0. The van der Waals surface area contributed by atoms with Crippen LogP contribution < -0.4 is 0 Å². The second-order valence-electron chi connectivity index (χ2n) is 2.46. The molecule has 0 saturated carbocycles. The molecule has 11 heavy (non-hydrogen) atoms. The quantitative estimate of drug-likeness (QED) is 0.489. The molecular weight excluding hydrogens is 144 g/mol. The van der Waals surface area contributed by atoms with Crippen LogP contribution in [-0.2, 0) is 9.53 Å². The highest BCUT2D eigenvalue weighted by molar-refractivity contribution is 5.69. The number of aliphatic hydroxyl groups excluding tert-OH is 1. The summed E-state index contributed by atoms with van der Waals surface area (Å²) in [5.41, 5.74) is 0. The number of aliphatic hydroxyl groups is 1. The first-order valence-corrected chi connectivity index (χ1v) is 4.08. The first-order chi connectivity index (χ1) is 5.20. The second-order valence-corrected chi connectivity index (χ2v) is 2.46. The fraction of sp³-hybridized carbons (Fsp3) is 0.875. The topological polar surface area (TPSA) is 46.5 Å². The lowest BCUT2D eigenvalue weighted by molar-refractivity contribution is -0.168. The third-order valence-corrected chi connectivity index (χ3v) is 1.35. The first kappa shape index (κ1) is 10.4. The zero-order chi connectivity index (χ0) is 8.69. The van der Waals surface area contributed by atoms with Crippen molar-refractivity contribution in [1.29, 1.82) is 0 Å². The Morgan fingerprint density at radius 2 is 2.18 bits per heavy atom. The van der Waals surface area contributed by atoms with E-state index in [2.05, 4.69) is 4.74 Å². The van der Waals surface area contributed by atoms with Crippen molar-refractivity contribution in [1.82, 2.24) is 0 Å². The smallest absolute Gasteiger partial charge is 0.308 e. The van der Waals surface area contributed by atoms with E-state index < -0.39 is 6.29 Å². The Labute approximate surface area is 67.4 Å². The van der Waals surface area contributed by atoms with E-state index in [1.807, 2.05) is 6.92 Å². The summed E-state index contributed by atoms with van der Waals surface area (Å²) in [5, 5.41) is 8.88. The van der Waals surface area contributed by atoms with E-state index >= 15 is 0 Å². The molecule has 0 radical (unpaired) electrons. The lowest BCUT2D eigenvalue weighted by Crippen LogP contribution is -2.16. The molecule has 1 unspecified atom stereocenters. The van der Waals surface area contributed by atoms with E-state index in [0.29, 0.717) is 12.8 Å². The molecule has 0 aliphatic rings. The molecule has 0 amide bonds. The van der Waals surface area contributed by atoms with Gasteiger partial charge in [-0.2, -0.15) is 0 Å². The minimum atomic E-state index is -0.917. The molecule has 0 heterocycles. The van der Waals surface area contributed by atoms with E-state index in [-0.39, 0.29) is 5.97 Å². The number of carbonyl (C=O) groups excluding carboxylic acids is 1. The van der Waals surface area contributed by atoms with Gasteiger partial charge in [0.25, 0.3) is 0 Å². The zero-order valence-electron chi connectivity index (χ0n) is 7.17. The maximum absolute atomic E-state index is 10.8. The third-order valence-electron chi connectivity index (χ3n) is 1.35. The average molecular weight is 160 g/mol. The molecule has 3 heteroatoms. The molecule has 0 aliphatic carbocycles. The lowest BCUT2D eigenvalue weighted by atomic mass is 10.2. The summed E-state index contributed by atoms with van der Waals surface area (Å²) in [6.07, 6.45) is 1.75. The number of esters is 1. The summed E-state index contributed by atoms with van der Waals surface area (Å²) in [4.78, 5) is 10.8. The summed E-state index contributed by atoms with van der Waals surface area (Å²) in [6, 6.07) is 0. The van der Waals surface area contributed by atoms with Crippen LogP contribution in [0, 0.1) is 0 Å². The highest BCUT2D eigenvalue weighted by atomic mass is 16.6. The molecule has 1 atom stereocenters. The van der Waals surface area contributed by atoms with E-state index in [9.17, 15) is 4.79 Å². The van der Waals surface area contributed by atoms with Crippen molar-refractivity contribution in [3.63, 3.8) is 0 Å². The normalized spacial score (nSPS) is 12.6. The van der Waals surface area contributed by atoms with Gasteiger partial charge in [0.1, 0.15) is 0 Å². The van der Waals surface area contributed by atoms with Crippen LogP contribution in [0.5, 0.6) is 0 Å². The van der Waals surface area contributed by atoms with Gasteiger partial charge in [-0.25, -0.2) is 0 Å². The molecule has 3 nitrogen and oxygen atoms in total. The third kappa shape index (κ3) is 5.85. The van der Waals surface area contributed by atoms with Crippen LogP contribution in [0.3, 0.4) is 0 Å². The SMILES string of the molecule is CCCCC(=O)OC(O)CC. The Hall–Kier alpha value is -0.570. The minimum Gasteiger partial charge on any atom is -0.436 e. The van der Waals surface area contributed by atoms with Gasteiger partial charge in [-0.05, 0) is 6.42 Å². The minimum absolute atomic E-state index is 0.304. The van der Waals surface area contributed by atoms with E-state index in [1.165, 1.54) is 0 Å². The number of rotatable bonds is 5. The maximum Gasteiger partial charge on any atom is 0.308 e. The molecule has 0 aromatic rings. The van der Waals surface area contributed by atoms with Crippen molar-refractivity contribution in [2.24, 2.45) is 0 Å². The predicted octanol–water partition coefficient (Wildman–Crippen LogP) is 1.45. The van der Waals surface area contributed by atoms with Crippen molar-refractivity contribution >= 4 is 5.97 Å². The van der Waals surface area contributed by atoms with Crippen LogP contribution in [-0.4, -0.2) is 17.4 Å². The van der Waals surface area contributed by atoms with Gasteiger partial charge in [-0.15, -0.1) is 0 Å². The van der Waals surface area contributed by atoms with Crippen LogP contribution in [0.4, 0.5) is 0 Å². The maximum atomic E-state index is 10.8. The number of unbranched alkanes of at least 4 members (excludes halogenated alkanes) is 1. The second kappa shape index (κ2) is 6.16. The molecule has 0 spiro atoms. The molecule has 1 N–H and O–H groups in total. The lowest BCUT2D eigenvalue weighted by Gasteiger charge is -2.08. The highest BCUT2D eigenvalue weighted by Gasteiger charge is 2.06. The van der Waals surface area contributed by atoms with Crippen molar-refractivity contribution < 1.29 is 14.6 Å². The Balaban J connectivity index is 3.36. The van der Waals surface area contributed by atoms with Gasteiger partial charge >= 0.3 is 5.97 Å². The zero-order valence-corrected chi connectivity index (χ0v) is 7.17. The molecule has 0 aromatic carbocycles. The molecular formula is C8H16O3. The Bertz CT molecular complexity index is 112. The van der Waals surface area contributed by atoms with Crippen LogP contribution in [0.25, 0.3) is 0 Å². The van der Waals surface area contributed by atoms with Crippen LogP contribution in [0.2, 0.25) is 0 Å². The Morgan fingerprint density at radius 1 is 1.55 bits per heavy atom. The first-order valence-electron chi connectivity index (χ1n) is 4.08. The van der Waals surface area contributed by atoms with Gasteiger partial charge in [-0.1, -0.05) is 20.3 Å². The summed E-state index contributed by atoms with van der Waals surface area (Å²) < 4.78 is 4.62. The molecule has 0 aliphatic heterocycles. The molecule has 66 valence electrons. The standard InChI is InChI=1S/C8H16O3/c1-3-5-6-8(10)11-7(9)4-2/h7,9H,3-6H2,1-2H3. The van der Waals surface area contributed by atoms with E-state index in [4.69, 9.17) is 5.11 Å². The van der Waals surface area contributed by atoms with E-state index in [1.54, 1.807) is 6.92 Å². The van der Waals surface area contributed by atoms with E-state index in [0.717, 1.165) is 12.8 Å². The molecule has 0 bridgehead atoms. The average Bonchev–Trinajstić information content (AvgIpc) is 2.00. The number of hydrogen-bond donors (Lipinski definition) is 1. The Kier molecular flexibility index (Phi) is 5.84. The largest absolute Gasteiger partial charge is 0.436 e. The summed E-state index contributed by atoms with van der Waals surface area (Å²) in [7, 11) is 0. The highest BCUT2D eigenvalue weighted by Crippen LogP contribution is 2.00. The van der Waals surface area contributed by atoms with Gasteiger partial charge in [0, 0.05) is 12.8 Å². The van der Waals surface area contributed by atoms with Crippen LogP contribution >= 0.6 is 0 Å². The molecule has 0 aromatic heterocycles. The van der Waals surface area contributed by atoms with Crippen LogP contribution in [0.15, 0.2) is 0 Å². The number of carbonyl (C=O) groups is 1. The van der Waals surface area contributed by atoms with Crippen molar-refractivity contribution in [3.8, 4) is 0 Å². The molecule has 0 fully saturated rings. The monoisotopic (exact) mass is 160 g/mol. The van der Waals surface area contributed by atoms with Crippen molar-refractivity contribution in [2.45, 2.75) is 45.8 Å². The van der Waals surface area contributed by atoms with Crippen molar-refractivity contribution in [2.75, 3.05) is 0 Å². The van der Waals surface area contributed by atoms with Crippen molar-refractivity contribution in [3.05, 3.63) is 0 Å². The van der Waals surface area contributed by atoms with Gasteiger partial charge in [0.2, 0.25) is 0 Å². The number of hydrogen-bond acceptors (Lipinski definition) is 3. The number of ether oxygens (including phenoxy) is 1.